The van der Waals surface area contributed by atoms with Gasteiger partial charge in [0.1, 0.15) is 5.75 Å². The van der Waals surface area contributed by atoms with Crippen LogP contribution in [0.5, 0.6) is 5.75 Å². The molecule has 314 valence electrons. The van der Waals surface area contributed by atoms with Crippen molar-refractivity contribution in [1.29, 1.82) is 0 Å². The van der Waals surface area contributed by atoms with Crippen LogP contribution in [-0.4, -0.2) is 93.8 Å². The number of amides is 3. The van der Waals surface area contributed by atoms with Gasteiger partial charge in [0, 0.05) is 65.5 Å². The average Bonchev–Trinajstić information content (AvgIpc) is 3.52. The molecule has 3 amide bonds. The molecule has 0 spiro atoms. The Morgan fingerprint density at radius 3 is 2.17 bits per heavy atom. The van der Waals surface area contributed by atoms with Gasteiger partial charge in [-0.25, -0.2) is 12.4 Å². The van der Waals surface area contributed by atoms with Gasteiger partial charge in [0.15, 0.2) is 0 Å². The third-order valence-electron chi connectivity index (χ3n) is 9.22. The summed E-state index contributed by atoms with van der Waals surface area (Å²) < 4.78 is 45.3. The minimum atomic E-state index is -4.46. The van der Waals surface area contributed by atoms with Crippen LogP contribution in [0.3, 0.4) is 0 Å². The molecule has 0 radical (unpaired) electrons. The van der Waals surface area contributed by atoms with Crippen LogP contribution in [0.15, 0.2) is 94.7 Å². The number of aromatic nitrogens is 2. The molecule has 0 aliphatic heterocycles. The first-order valence-electron chi connectivity index (χ1n) is 18.8. The normalized spacial score (nSPS) is 11.2. The summed E-state index contributed by atoms with van der Waals surface area (Å²) in [5, 5.41) is 9.35. The van der Waals surface area contributed by atoms with Crippen LogP contribution in [0.25, 0.3) is 10.9 Å². The van der Waals surface area contributed by atoms with Gasteiger partial charge < -0.3 is 30.2 Å². The number of unbranched alkanes of at least 4 members (excludes halogenated alkanes) is 1. The predicted molar refractivity (Wildman–Crippen MR) is 225 cm³/mol. The van der Waals surface area contributed by atoms with Crippen LogP contribution in [0, 0.1) is 19.3 Å². The zero-order valence-electron chi connectivity index (χ0n) is 33.0. The summed E-state index contributed by atoms with van der Waals surface area (Å²) in [6, 6.07) is 19.3. The number of carbonyl (C=O) groups excluding carboxylic acids is 4. The van der Waals surface area contributed by atoms with Crippen molar-refractivity contribution in [2.24, 2.45) is 0 Å². The predicted octanol–water partition coefficient (Wildman–Crippen LogP) is 3.96. The number of hydrogen-bond donors (Lipinski definition) is 3. The molecule has 3 N–H and O–H groups in total. The molecule has 15 nitrogen and oxygen atoms in total. The van der Waals surface area contributed by atoms with E-state index in [-0.39, 0.29) is 73.8 Å². The molecular weight excluding hydrogens is 814 g/mol. The molecule has 0 atom stereocenters. The Labute approximate surface area is 352 Å². The van der Waals surface area contributed by atoms with Gasteiger partial charge in [-0.15, -0.1) is 12.3 Å². The summed E-state index contributed by atoms with van der Waals surface area (Å²) in [4.78, 5) is 64.2. The van der Waals surface area contributed by atoms with Gasteiger partial charge in [-0.2, -0.15) is 0 Å². The summed E-state index contributed by atoms with van der Waals surface area (Å²) >= 11 is 6.02. The number of methoxy groups -OCH3 is 1. The van der Waals surface area contributed by atoms with E-state index in [2.05, 4.69) is 21.9 Å². The molecule has 0 saturated heterocycles. The van der Waals surface area contributed by atoms with Crippen LogP contribution in [0.1, 0.15) is 55.2 Å². The van der Waals surface area contributed by atoms with Crippen LogP contribution >= 0.6 is 11.6 Å². The molecule has 0 bridgehead atoms. The van der Waals surface area contributed by atoms with E-state index in [9.17, 15) is 32.4 Å². The molecular formula is C43H44ClN5O10S. The molecule has 0 aliphatic rings. The first-order chi connectivity index (χ1) is 28.8. The number of halogens is 1. The lowest BCUT2D eigenvalue weighted by Crippen LogP contribution is -2.32. The fourth-order valence-corrected chi connectivity index (χ4v) is 7.57. The third kappa shape index (κ3) is 11.3. The van der Waals surface area contributed by atoms with Crippen molar-refractivity contribution in [3.63, 3.8) is 0 Å². The topological polar surface area (TPSA) is 193 Å². The maximum atomic E-state index is 13.5. The monoisotopic (exact) mass is 857 g/mol. The maximum absolute atomic E-state index is 13.5. The zero-order chi connectivity index (χ0) is 43.2. The molecule has 0 saturated carbocycles. The Kier molecular flexibility index (Phi) is 15.8. The lowest BCUT2D eigenvalue weighted by atomic mass is 10.1. The fourth-order valence-electron chi connectivity index (χ4n) is 6.14. The van der Waals surface area contributed by atoms with Crippen molar-refractivity contribution < 1.29 is 41.8 Å². The second-order valence-corrected chi connectivity index (χ2v) is 15.5. The van der Waals surface area contributed by atoms with Gasteiger partial charge in [0.2, 0.25) is 5.91 Å². The molecule has 3 aromatic carbocycles. The van der Waals surface area contributed by atoms with E-state index < -0.39 is 27.4 Å². The highest BCUT2D eigenvalue weighted by atomic mass is 35.5. The SMILES string of the molecule is C#CCCCNC(=O)c1cccc(S(=O)(=O)n2cc(C(=O)NCCOCCOCCNC(=O)Cc3c(C)n(C(=O)c4ccc(Cl)cc4)c4ccc(OC)cc34)ccc2=O)c1. The molecule has 17 heteroatoms. The number of ether oxygens (including phenoxy) is 3. The molecule has 2 aromatic heterocycles. The van der Waals surface area contributed by atoms with Gasteiger partial charge in [-0.3, -0.25) is 28.5 Å². The Hall–Kier alpha value is -6.25. The van der Waals surface area contributed by atoms with Crippen molar-refractivity contribution in [3.05, 3.63) is 128 Å². The number of fused-ring (bicyclic) bond motifs is 1. The second-order valence-electron chi connectivity index (χ2n) is 13.3. The Morgan fingerprint density at radius 2 is 1.47 bits per heavy atom. The Bertz CT molecular complexity index is 2580. The maximum Gasteiger partial charge on any atom is 0.270 e. The van der Waals surface area contributed by atoms with Crippen molar-refractivity contribution in [1.82, 2.24) is 24.5 Å². The number of hydrogen-bond acceptors (Lipinski definition) is 10. The minimum absolute atomic E-state index is 0.0189. The molecule has 5 rings (SSSR count). The van der Waals surface area contributed by atoms with Gasteiger partial charge in [0.25, 0.3) is 33.3 Å². The standard InChI is InChI=1S/C43H44ClN5O10S/c1-4-5-6-18-46-41(52)31-8-7-9-35(25-31)60(55,56)48-28-32(12-17-40(48)51)42(53)47-20-22-59-24-23-58-21-19-45-39(50)27-36-29(2)49(38-16-15-34(57-3)26-37(36)38)43(54)30-10-13-33(44)14-11-30/h1,7-17,25-26,28H,5-6,18-24,27H2,2-3H3,(H,45,50)(H,46,52)(H,47,53). The first-order valence-corrected chi connectivity index (χ1v) is 20.7. The highest BCUT2D eigenvalue weighted by Gasteiger charge is 2.23. The number of rotatable bonds is 20. The van der Waals surface area contributed by atoms with E-state index in [0.717, 1.165) is 23.7 Å². The summed E-state index contributed by atoms with van der Waals surface area (Å²) in [5.41, 5.74) is 1.51. The van der Waals surface area contributed by atoms with Crippen LogP contribution in [0.2, 0.25) is 5.02 Å². The number of carbonyl (C=O) groups is 4. The smallest absolute Gasteiger partial charge is 0.270 e. The van der Waals surface area contributed by atoms with Gasteiger partial charge in [0.05, 0.1) is 55.9 Å². The average molecular weight is 858 g/mol. The van der Waals surface area contributed by atoms with E-state index >= 15 is 0 Å². The number of benzene rings is 3. The lowest BCUT2D eigenvalue weighted by Gasteiger charge is -2.11. The lowest BCUT2D eigenvalue weighted by molar-refractivity contribution is -0.120. The van der Waals surface area contributed by atoms with E-state index in [1.54, 1.807) is 61.1 Å². The fraction of sp³-hybridized carbons (Fsp3) is 0.279. The number of terminal acetylenes is 1. The number of pyridine rings is 1. The molecule has 0 fully saturated rings. The summed E-state index contributed by atoms with van der Waals surface area (Å²) in [6.45, 7) is 3.13. The van der Waals surface area contributed by atoms with Crippen LogP contribution in [-0.2, 0) is 30.7 Å². The van der Waals surface area contributed by atoms with E-state index in [1.807, 2.05) is 0 Å². The van der Waals surface area contributed by atoms with Gasteiger partial charge in [-0.1, -0.05) is 17.7 Å². The van der Waals surface area contributed by atoms with Crippen molar-refractivity contribution in [3.8, 4) is 18.1 Å². The van der Waals surface area contributed by atoms with Crippen LogP contribution < -0.4 is 26.2 Å². The second kappa shape index (κ2) is 21.1. The molecule has 0 aliphatic carbocycles. The molecule has 0 unspecified atom stereocenters. The Morgan fingerprint density at radius 1 is 0.800 bits per heavy atom. The van der Waals surface area contributed by atoms with E-state index in [0.29, 0.717) is 56.5 Å². The number of nitrogens with zero attached hydrogens (tertiary/aromatic N) is 2. The highest BCUT2D eigenvalue weighted by molar-refractivity contribution is 7.90. The van der Waals surface area contributed by atoms with Crippen molar-refractivity contribution in [2.45, 2.75) is 31.1 Å². The largest absolute Gasteiger partial charge is 0.497 e. The zero-order valence-corrected chi connectivity index (χ0v) is 34.6. The van der Waals surface area contributed by atoms with Gasteiger partial charge in [-0.05, 0) is 85.6 Å². The van der Waals surface area contributed by atoms with Crippen LogP contribution in [0.4, 0.5) is 0 Å². The quantitative estimate of drug-likeness (QED) is 0.0763. The molecule has 2 heterocycles. The highest BCUT2D eigenvalue weighted by Crippen LogP contribution is 2.31. The van der Waals surface area contributed by atoms with E-state index in [4.69, 9.17) is 32.2 Å². The van der Waals surface area contributed by atoms with Crippen molar-refractivity contribution >= 4 is 56.2 Å². The van der Waals surface area contributed by atoms with Gasteiger partial charge >= 0.3 is 0 Å². The summed E-state index contributed by atoms with van der Waals surface area (Å²) in [5.74, 6) is 1.41. The van der Waals surface area contributed by atoms with E-state index in [1.165, 1.54) is 24.3 Å². The summed E-state index contributed by atoms with van der Waals surface area (Å²) in [7, 11) is -2.92. The van der Waals surface area contributed by atoms with Crippen molar-refractivity contribution in [2.75, 3.05) is 53.2 Å². The Balaban J connectivity index is 1.04. The third-order valence-corrected chi connectivity index (χ3v) is 11.1. The molecule has 5 aromatic rings. The first kappa shape index (κ1) is 44.8. The molecule has 60 heavy (non-hydrogen) atoms. The summed E-state index contributed by atoms with van der Waals surface area (Å²) in [6.07, 6.45) is 7.20. The number of nitrogens with one attached hydrogen (secondary N) is 3. The minimum Gasteiger partial charge on any atom is -0.497 e.